The molecule has 1 aliphatic heterocycles. The quantitative estimate of drug-likeness (QED) is 0.763. The van der Waals surface area contributed by atoms with Crippen LogP contribution in [-0.4, -0.2) is 13.2 Å². The van der Waals surface area contributed by atoms with E-state index in [-0.39, 0.29) is 6.04 Å². The zero-order valence-corrected chi connectivity index (χ0v) is 14.9. The first-order valence-corrected chi connectivity index (χ1v) is 9.11. The van der Waals surface area contributed by atoms with Crippen molar-refractivity contribution in [1.29, 1.82) is 0 Å². The van der Waals surface area contributed by atoms with Crippen molar-refractivity contribution >= 4 is 38.9 Å². The number of thiophene rings is 1. The second-order valence-corrected chi connectivity index (χ2v) is 7.66. The number of benzene rings is 1. The van der Waals surface area contributed by atoms with Gasteiger partial charge in [0.2, 0.25) is 0 Å². The van der Waals surface area contributed by atoms with Crippen LogP contribution in [-0.2, 0) is 6.42 Å². The van der Waals surface area contributed by atoms with Gasteiger partial charge in [-0.3, -0.25) is 0 Å². The predicted octanol–water partition coefficient (Wildman–Crippen LogP) is 5.19. The molecular weight excluding hydrogens is 370 g/mol. The van der Waals surface area contributed by atoms with Crippen LogP contribution in [0.2, 0.25) is 4.34 Å². The molecule has 3 rings (SSSR count). The van der Waals surface area contributed by atoms with E-state index in [0.717, 1.165) is 40.6 Å². The van der Waals surface area contributed by atoms with Crippen molar-refractivity contribution in [1.82, 2.24) is 5.32 Å². The van der Waals surface area contributed by atoms with E-state index in [0.29, 0.717) is 0 Å². The van der Waals surface area contributed by atoms with Crippen molar-refractivity contribution in [3.8, 4) is 5.75 Å². The molecule has 1 aromatic heterocycles. The van der Waals surface area contributed by atoms with E-state index in [1.807, 2.05) is 0 Å². The van der Waals surface area contributed by atoms with Crippen LogP contribution < -0.4 is 10.1 Å². The number of fused-ring (bicyclic) bond motifs is 1. The molecule has 1 N–H and O–H groups in total. The highest BCUT2D eigenvalue weighted by atomic mass is 79.9. The Kier molecular flexibility index (Phi) is 4.89. The van der Waals surface area contributed by atoms with Gasteiger partial charge in [0.25, 0.3) is 0 Å². The highest BCUT2D eigenvalue weighted by molar-refractivity contribution is 9.10. The molecular formula is C16H17BrClNOS. The Morgan fingerprint density at radius 2 is 2.29 bits per heavy atom. The third-order valence-corrected chi connectivity index (χ3v) is 6.13. The molecule has 0 bridgehead atoms. The molecule has 2 aromatic rings. The van der Waals surface area contributed by atoms with Crippen LogP contribution in [0.5, 0.6) is 5.75 Å². The van der Waals surface area contributed by atoms with Crippen molar-refractivity contribution in [3.63, 3.8) is 0 Å². The summed E-state index contributed by atoms with van der Waals surface area (Å²) in [5, 5.41) is 3.62. The minimum absolute atomic E-state index is 0.185. The Morgan fingerprint density at radius 3 is 3.00 bits per heavy atom. The number of hydrogen-bond donors (Lipinski definition) is 1. The number of hydrogen-bond acceptors (Lipinski definition) is 3. The van der Waals surface area contributed by atoms with Crippen molar-refractivity contribution in [2.24, 2.45) is 0 Å². The van der Waals surface area contributed by atoms with Crippen molar-refractivity contribution < 1.29 is 4.74 Å². The van der Waals surface area contributed by atoms with E-state index in [4.69, 9.17) is 16.3 Å². The molecule has 0 spiro atoms. The van der Waals surface area contributed by atoms with Gasteiger partial charge >= 0.3 is 0 Å². The Bertz CT molecular complexity index is 624. The third-order valence-electron chi connectivity index (χ3n) is 3.59. The maximum absolute atomic E-state index is 6.21. The lowest BCUT2D eigenvalue weighted by Gasteiger charge is -2.18. The van der Waals surface area contributed by atoms with Crippen LogP contribution >= 0.6 is 38.9 Å². The van der Waals surface area contributed by atoms with Gasteiger partial charge in [-0.2, -0.15) is 0 Å². The summed E-state index contributed by atoms with van der Waals surface area (Å²) in [6, 6.07) is 8.80. The summed E-state index contributed by atoms with van der Waals surface area (Å²) in [6.45, 7) is 3.95. The minimum atomic E-state index is 0.185. The molecule has 1 aromatic carbocycles. The van der Waals surface area contributed by atoms with Crippen molar-refractivity contribution in [2.45, 2.75) is 25.8 Å². The van der Waals surface area contributed by atoms with Crippen LogP contribution in [0.25, 0.3) is 0 Å². The van der Waals surface area contributed by atoms with Crippen LogP contribution in [0.15, 0.2) is 28.7 Å². The summed E-state index contributed by atoms with van der Waals surface area (Å²) in [6.07, 6.45) is 2.10. The molecule has 21 heavy (non-hydrogen) atoms. The van der Waals surface area contributed by atoms with Gasteiger partial charge in [0.1, 0.15) is 10.1 Å². The molecule has 0 aliphatic carbocycles. The molecule has 0 saturated carbocycles. The van der Waals surface area contributed by atoms with Crippen LogP contribution in [0.1, 0.15) is 35.4 Å². The maximum atomic E-state index is 6.21. The van der Waals surface area contributed by atoms with E-state index in [9.17, 15) is 0 Å². The summed E-state index contributed by atoms with van der Waals surface area (Å²) in [4.78, 5) is 1.24. The highest BCUT2D eigenvalue weighted by Gasteiger charge is 2.20. The number of rotatable bonds is 5. The van der Waals surface area contributed by atoms with Gasteiger partial charge in [0.15, 0.2) is 0 Å². The first kappa shape index (κ1) is 15.3. The monoisotopic (exact) mass is 385 g/mol. The molecule has 2 nitrogen and oxygen atoms in total. The smallest absolute Gasteiger partial charge is 0.122 e. The molecule has 0 radical (unpaired) electrons. The predicted molar refractivity (Wildman–Crippen MR) is 92.8 cm³/mol. The summed E-state index contributed by atoms with van der Waals surface area (Å²) < 4.78 is 7.37. The molecule has 2 heterocycles. The van der Waals surface area contributed by atoms with Gasteiger partial charge in [-0.1, -0.05) is 30.7 Å². The topological polar surface area (TPSA) is 21.3 Å². The summed E-state index contributed by atoms with van der Waals surface area (Å²) >= 11 is 11.3. The average Bonchev–Trinajstić information content (AvgIpc) is 3.06. The van der Waals surface area contributed by atoms with Crippen molar-refractivity contribution in [2.75, 3.05) is 13.2 Å². The molecule has 0 fully saturated rings. The first-order valence-electron chi connectivity index (χ1n) is 7.12. The Hall–Kier alpha value is -0.550. The SMILES string of the molecule is CCCNC(c1ccc2c(c1)CCO2)c1cc(Br)c(Cl)s1. The molecule has 0 amide bonds. The molecule has 1 atom stereocenters. The fourth-order valence-corrected chi connectivity index (χ4v) is 4.40. The summed E-state index contributed by atoms with van der Waals surface area (Å²) in [5.41, 5.74) is 2.58. The zero-order valence-electron chi connectivity index (χ0n) is 11.8. The molecule has 112 valence electrons. The standard InChI is InChI=1S/C16H17BrClNOS/c1-2-6-19-15(14-9-12(17)16(18)21-14)11-3-4-13-10(8-11)5-7-20-13/h3-4,8-9,15,19H,2,5-7H2,1H3. The lowest BCUT2D eigenvalue weighted by Crippen LogP contribution is -2.22. The Labute approximate surface area is 142 Å². The van der Waals surface area contributed by atoms with Gasteiger partial charge in [-0.05, 0) is 52.2 Å². The number of halogens is 2. The fourth-order valence-electron chi connectivity index (χ4n) is 2.56. The van der Waals surface area contributed by atoms with E-state index in [2.05, 4.69) is 52.4 Å². The van der Waals surface area contributed by atoms with Crippen LogP contribution in [0, 0.1) is 0 Å². The molecule has 5 heteroatoms. The lowest BCUT2D eigenvalue weighted by molar-refractivity contribution is 0.357. The van der Waals surface area contributed by atoms with Gasteiger partial charge in [-0.15, -0.1) is 11.3 Å². The second kappa shape index (κ2) is 6.69. The second-order valence-electron chi connectivity index (χ2n) is 5.12. The van der Waals surface area contributed by atoms with Crippen LogP contribution in [0.4, 0.5) is 0 Å². The summed E-state index contributed by atoms with van der Waals surface area (Å²) in [5.74, 6) is 1.03. The molecule has 1 unspecified atom stereocenters. The van der Waals surface area contributed by atoms with E-state index in [1.165, 1.54) is 16.0 Å². The molecule has 1 aliphatic rings. The lowest BCUT2D eigenvalue weighted by atomic mass is 10.0. The first-order chi connectivity index (χ1) is 10.2. The average molecular weight is 387 g/mol. The largest absolute Gasteiger partial charge is 0.493 e. The minimum Gasteiger partial charge on any atom is -0.493 e. The normalized spacial score (nSPS) is 14.8. The van der Waals surface area contributed by atoms with Crippen molar-refractivity contribution in [3.05, 3.63) is 49.1 Å². The number of ether oxygens (including phenoxy) is 1. The van der Waals surface area contributed by atoms with Gasteiger partial charge < -0.3 is 10.1 Å². The van der Waals surface area contributed by atoms with E-state index >= 15 is 0 Å². The van der Waals surface area contributed by atoms with Gasteiger partial charge in [-0.25, -0.2) is 0 Å². The van der Waals surface area contributed by atoms with Crippen LogP contribution in [0.3, 0.4) is 0 Å². The number of nitrogens with one attached hydrogen (secondary N) is 1. The Morgan fingerprint density at radius 1 is 1.43 bits per heavy atom. The van der Waals surface area contributed by atoms with Gasteiger partial charge in [0, 0.05) is 15.8 Å². The Balaban J connectivity index is 1.95. The zero-order chi connectivity index (χ0) is 14.8. The van der Waals surface area contributed by atoms with E-state index < -0.39 is 0 Å². The fraction of sp³-hybridized carbons (Fsp3) is 0.375. The third kappa shape index (κ3) is 3.29. The maximum Gasteiger partial charge on any atom is 0.122 e. The molecule has 0 saturated heterocycles. The summed E-state index contributed by atoms with van der Waals surface area (Å²) in [7, 11) is 0. The van der Waals surface area contributed by atoms with E-state index in [1.54, 1.807) is 11.3 Å². The highest BCUT2D eigenvalue weighted by Crippen LogP contribution is 2.38. The van der Waals surface area contributed by atoms with Gasteiger partial charge in [0.05, 0.1) is 12.6 Å².